The SMILES string of the molecule is CO[C@@H]1C[C@@H](COc2cccnc2)N(CCc2ccncc2)C1. The van der Waals surface area contributed by atoms with Crippen LogP contribution in [0.1, 0.15) is 12.0 Å². The Kier molecular flexibility index (Phi) is 5.56. The van der Waals surface area contributed by atoms with Gasteiger partial charge in [-0.1, -0.05) is 0 Å². The van der Waals surface area contributed by atoms with Gasteiger partial charge < -0.3 is 9.47 Å². The van der Waals surface area contributed by atoms with E-state index in [1.807, 2.05) is 24.5 Å². The van der Waals surface area contributed by atoms with Crippen LogP contribution in [0.25, 0.3) is 0 Å². The number of hydrogen-bond donors (Lipinski definition) is 0. The van der Waals surface area contributed by atoms with Crippen LogP contribution >= 0.6 is 0 Å². The fraction of sp³-hybridized carbons (Fsp3) is 0.444. The quantitative estimate of drug-likeness (QED) is 0.784. The van der Waals surface area contributed by atoms with Crippen LogP contribution < -0.4 is 4.74 Å². The van der Waals surface area contributed by atoms with E-state index in [0.717, 1.165) is 31.7 Å². The third-order valence-corrected chi connectivity index (χ3v) is 4.34. The molecule has 1 aliphatic rings. The highest BCUT2D eigenvalue weighted by Crippen LogP contribution is 2.21. The van der Waals surface area contributed by atoms with E-state index in [2.05, 4.69) is 27.0 Å². The van der Waals surface area contributed by atoms with Gasteiger partial charge in [0, 0.05) is 44.8 Å². The van der Waals surface area contributed by atoms with Crippen molar-refractivity contribution in [3.05, 3.63) is 54.6 Å². The molecule has 1 aliphatic heterocycles. The molecule has 0 aromatic carbocycles. The minimum absolute atomic E-state index is 0.287. The average molecular weight is 313 g/mol. The Morgan fingerprint density at radius 2 is 2.04 bits per heavy atom. The number of likely N-dealkylation sites (tertiary alicyclic amines) is 1. The van der Waals surface area contributed by atoms with E-state index in [1.165, 1.54) is 5.56 Å². The molecule has 23 heavy (non-hydrogen) atoms. The summed E-state index contributed by atoms with van der Waals surface area (Å²) in [6, 6.07) is 8.36. The highest BCUT2D eigenvalue weighted by Gasteiger charge is 2.32. The molecular formula is C18H23N3O2. The Bertz CT molecular complexity index is 528. The minimum atomic E-state index is 0.287. The lowest BCUT2D eigenvalue weighted by atomic mass is 10.1. The maximum absolute atomic E-state index is 5.90. The molecule has 3 rings (SSSR count). The Labute approximate surface area is 137 Å². The lowest BCUT2D eigenvalue weighted by Gasteiger charge is -2.24. The van der Waals surface area contributed by atoms with Crippen molar-refractivity contribution in [2.45, 2.75) is 25.0 Å². The first-order chi connectivity index (χ1) is 11.3. The predicted octanol–water partition coefficient (Wildman–Crippen LogP) is 2.19. The second-order valence-corrected chi connectivity index (χ2v) is 5.85. The number of methoxy groups -OCH3 is 1. The van der Waals surface area contributed by atoms with Gasteiger partial charge in [-0.3, -0.25) is 14.9 Å². The molecule has 1 fully saturated rings. The van der Waals surface area contributed by atoms with Crippen molar-refractivity contribution in [2.24, 2.45) is 0 Å². The second kappa shape index (κ2) is 8.04. The Hall–Kier alpha value is -1.98. The van der Waals surface area contributed by atoms with Crippen molar-refractivity contribution in [2.75, 3.05) is 26.8 Å². The highest BCUT2D eigenvalue weighted by atomic mass is 16.5. The lowest BCUT2D eigenvalue weighted by Crippen LogP contribution is -2.35. The molecule has 0 radical (unpaired) electrons. The van der Waals surface area contributed by atoms with Crippen molar-refractivity contribution in [1.82, 2.24) is 14.9 Å². The first-order valence-electron chi connectivity index (χ1n) is 8.03. The average Bonchev–Trinajstić information content (AvgIpc) is 3.02. The number of pyridine rings is 2. The topological polar surface area (TPSA) is 47.5 Å². The van der Waals surface area contributed by atoms with Gasteiger partial charge in [-0.2, -0.15) is 0 Å². The van der Waals surface area contributed by atoms with Gasteiger partial charge in [-0.05, 0) is 42.7 Å². The molecule has 2 aromatic heterocycles. The molecule has 0 bridgehead atoms. The van der Waals surface area contributed by atoms with Crippen LogP contribution in [0.5, 0.6) is 5.75 Å². The van der Waals surface area contributed by atoms with E-state index < -0.39 is 0 Å². The van der Waals surface area contributed by atoms with E-state index in [0.29, 0.717) is 12.6 Å². The van der Waals surface area contributed by atoms with Crippen LogP contribution in [-0.4, -0.2) is 53.8 Å². The van der Waals surface area contributed by atoms with Gasteiger partial charge in [-0.15, -0.1) is 0 Å². The molecule has 3 heterocycles. The first kappa shape index (κ1) is 15.9. The molecule has 0 saturated carbocycles. The Balaban J connectivity index is 1.55. The van der Waals surface area contributed by atoms with Gasteiger partial charge in [0.1, 0.15) is 12.4 Å². The lowest BCUT2D eigenvalue weighted by molar-refractivity contribution is 0.108. The molecule has 5 heteroatoms. The van der Waals surface area contributed by atoms with Crippen molar-refractivity contribution in [3.8, 4) is 5.75 Å². The normalized spacial score (nSPS) is 21.4. The molecule has 0 N–H and O–H groups in total. The van der Waals surface area contributed by atoms with Crippen LogP contribution in [0, 0.1) is 0 Å². The number of rotatable bonds is 7. The summed E-state index contributed by atoms with van der Waals surface area (Å²) in [5, 5.41) is 0. The summed E-state index contributed by atoms with van der Waals surface area (Å²) in [6.07, 6.45) is 9.51. The van der Waals surface area contributed by atoms with Gasteiger partial charge in [0.15, 0.2) is 0 Å². The predicted molar refractivity (Wildman–Crippen MR) is 88.4 cm³/mol. The number of nitrogens with zero attached hydrogens (tertiary/aromatic N) is 3. The number of hydrogen-bond acceptors (Lipinski definition) is 5. The monoisotopic (exact) mass is 313 g/mol. The van der Waals surface area contributed by atoms with Gasteiger partial charge in [-0.25, -0.2) is 0 Å². The zero-order chi connectivity index (χ0) is 15.9. The van der Waals surface area contributed by atoms with E-state index in [9.17, 15) is 0 Å². The number of aromatic nitrogens is 2. The molecule has 0 spiro atoms. The summed E-state index contributed by atoms with van der Waals surface area (Å²) in [7, 11) is 1.79. The van der Waals surface area contributed by atoms with Crippen molar-refractivity contribution in [3.63, 3.8) is 0 Å². The molecule has 0 unspecified atom stereocenters. The Morgan fingerprint density at radius 3 is 2.78 bits per heavy atom. The summed E-state index contributed by atoms with van der Waals surface area (Å²) in [6.45, 7) is 2.63. The fourth-order valence-electron chi connectivity index (χ4n) is 3.00. The summed E-state index contributed by atoms with van der Waals surface area (Å²) >= 11 is 0. The summed E-state index contributed by atoms with van der Waals surface area (Å²) in [4.78, 5) is 10.6. The van der Waals surface area contributed by atoms with Crippen LogP contribution in [0.4, 0.5) is 0 Å². The van der Waals surface area contributed by atoms with Crippen molar-refractivity contribution in [1.29, 1.82) is 0 Å². The summed E-state index contributed by atoms with van der Waals surface area (Å²) in [5.41, 5.74) is 1.31. The standard InChI is InChI=1S/C18H23N3O2/c1-22-18-11-16(14-23-17-3-2-7-20-12-17)21(13-18)10-6-15-4-8-19-9-5-15/h2-5,7-9,12,16,18H,6,10-11,13-14H2,1H3/t16-,18+/m0/s1. The van der Waals surface area contributed by atoms with Crippen LogP contribution in [-0.2, 0) is 11.2 Å². The molecule has 2 atom stereocenters. The van der Waals surface area contributed by atoms with E-state index >= 15 is 0 Å². The highest BCUT2D eigenvalue weighted by molar-refractivity contribution is 5.15. The molecule has 1 saturated heterocycles. The smallest absolute Gasteiger partial charge is 0.137 e. The summed E-state index contributed by atoms with van der Waals surface area (Å²) in [5.74, 6) is 0.822. The van der Waals surface area contributed by atoms with Crippen LogP contribution in [0.15, 0.2) is 49.1 Å². The van der Waals surface area contributed by atoms with Gasteiger partial charge >= 0.3 is 0 Å². The summed E-state index contributed by atoms with van der Waals surface area (Å²) < 4.78 is 11.5. The van der Waals surface area contributed by atoms with Crippen molar-refractivity contribution >= 4 is 0 Å². The molecule has 0 amide bonds. The molecule has 2 aromatic rings. The van der Waals surface area contributed by atoms with E-state index in [4.69, 9.17) is 9.47 Å². The zero-order valence-corrected chi connectivity index (χ0v) is 13.5. The van der Waals surface area contributed by atoms with Crippen LogP contribution in [0.2, 0.25) is 0 Å². The maximum atomic E-state index is 5.90. The molecule has 5 nitrogen and oxygen atoms in total. The zero-order valence-electron chi connectivity index (χ0n) is 13.5. The molecule has 122 valence electrons. The maximum Gasteiger partial charge on any atom is 0.137 e. The van der Waals surface area contributed by atoms with E-state index in [-0.39, 0.29) is 6.10 Å². The minimum Gasteiger partial charge on any atom is -0.490 e. The Morgan fingerprint density at radius 1 is 1.17 bits per heavy atom. The molecule has 0 aliphatic carbocycles. The van der Waals surface area contributed by atoms with Gasteiger partial charge in [0.25, 0.3) is 0 Å². The van der Waals surface area contributed by atoms with Crippen molar-refractivity contribution < 1.29 is 9.47 Å². The van der Waals surface area contributed by atoms with Crippen LogP contribution in [0.3, 0.4) is 0 Å². The van der Waals surface area contributed by atoms with Gasteiger partial charge in [0.2, 0.25) is 0 Å². The van der Waals surface area contributed by atoms with E-state index in [1.54, 1.807) is 19.5 Å². The third-order valence-electron chi connectivity index (χ3n) is 4.34. The molecular weight excluding hydrogens is 290 g/mol. The first-order valence-corrected chi connectivity index (χ1v) is 8.03. The number of ether oxygens (including phenoxy) is 2. The largest absolute Gasteiger partial charge is 0.490 e. The third kappa shape index (κ3) is 4.50. The van der Waals surface area contributed by atoms with Gasteiger partial charge in [0.05, 0.1) is 12.3 Å². The second-order valence-electron chi connectivity index (χ2n) is 5.85. The fourth-order valence-corrected chi connectivity index (χ4v) is 3.00.